The van der Waals surface area contributed by atoms with Crippen LogP contribution in [0.2, 0.25) is 5.28 Å². The van der Waals surface area contributed by atoms with Crippen LogP contribution in [0.4, 0.5) is 5.95 Å². The number of nitrogens with zero attached hydrogens (tertiary/aromatic N) is 4. The van der Waals surface area contributed by atoms with E-state index in [1.807, 2.05) is 0 Å². The zero-order valence-electron chi connectivity index (χ0n) is 18.6. The van der Waals surface area contributed by atoms with E-state index in [0.29, 0.717) is 12.1 Å². The molecule has 0 amide bonds. The highest BCUT2D eigenvalue weighted by Gasteiger charge is 2.47. The minimum atomic E-state index is 0.0732. The second kappa shape index (κ2) is 9.88. The van der Waals surface area contributed by atoms with E-state index in [1.54, 1.807) is 0 Å². The van der Waals surface area contributed by atoms with E-state index < -0.39 is 0 Å². The molecule has 164 valence electrons. The van der Waals surface area contributed by atoms with Crippen molar-refractivity contribution in [3.05, 3.63) is 11.6 Å². The molecule has 0 spiro atoms. The highest BCUT2D eigenvalue weighted by molar-refractivity contribution is 6.28. The van der Waals surface area contributed by atoms with E-state index in [9.17, 15) is 0 Å². The van der Waals surface area contributed by atoms with E-state index in [4.69, 9.17) is 16.4 Å². The molecule has 1 N–H and O–H groups in total. The third-order valence-corrected chi connectivity index (χ3v) is 6.53. The number of halogens is 1. The second-order valence-corrected chi connectivity index (χ2v) is 10.4. The zero-order chi connectivity index (χ0) is 20.9. The predicted molar refractivity (Wildman–Crippen MR) is 118 cm³/mol. The van der Waals surface area contributed by atoms with Crippen molar-refractivity contribution in [2.24, 2.45) is 5.92 Å². The normalized spacial score (nSPS) is 23.2. The van der Waals surface area contributed by atoms with Gasteiger partial charge in [-0.1, -0.05) is 32.1 Å². The van der Waals surface area contributed by atoms with Gasteiger partial charge in [0.2, 0.25) is 11.2 Å². The Labute approximate surface area is 181 Å². The molecule has 0 radical (unpaired) electrons. The summed E-state index contributed by atoms with van der Waals surface area (Å²) in [4.78, 5) is 18.6. The highest BCUT2D eigenvalue weighted by atomic mass is 35.5. The van der Waals surface area contributed by atoms with Gasteiger partial charge in [0.15, 0.2) is 0 Å². The van der Waals surface area contributed by atoms with Gasteiger partial charge in [-0.25, -0.2) is 9.97 Å². The van der Waals surface area contributed by atoms with Crippen molar-refractivity contribution in [3.8, 4) is 0 Å². The summed E-state index contributed by atoms with van der Waals surface area (Å²) in [6.45, 7) is 10.3. The molecule has 29 heavy (non-hydrogen) atoms. The molecule has 3 rings (SSSR count). The van der Waals surface area contributed by atoms with Gasteiger partial charge in [0.1, 0.15) is 6.33 Å². The summed E-state index contributed by atoms with van der Waals surface area (Å²) in [5.41, 5.74) is 0.146. The Hall–Kier alpha value is -0.980. The van der Waals surface area contributed by atoms with Gasteiger partial charge >= 0.3 is 0 Å². The maximum Gasteiger partial charge on any atom is 0.227 e. The van der Waals surface area contributed by atoms with Crippen molar-refractivity contribution in [2.45, 2.75) is 109 Å². The number of hydrogen-bond donors (Lipinski definition) is 1. The van der Waals surface area contributed by atoms with Crippen LogP contribution in [0.5, 0.6) is 0 Å². The monoisotopic (exact) mass is 423 g/mol. The molecular weight excluding hydrogens is 386 g/mol. The van der Waals surface area contributed by atoms with Crippen molar-refractivity contribution in [1.82, 2.24) is 20.0 Å². The molecule has 7 heteroatoms. The standard InChI is InChI=1S/C22H38ClN5O/c1-21(2)14-17(10-8-9-13-24-20-26-16-25-19(23)27-20)15-22(3,4)28(21)29-18-11-6-5-7-12-18/h16-18H,5-15H2,1-4H3,(H,24,25,26,27). The first-order chi connectivity index (χ1) is 13.8. The number of unbranched alkanes of at least 4 members (excludes halogenated alkanes) is 1. The minimum absolute atomic E-state index is 0.0732. The van der Waals surface area contributed by atoms with E-state index in [1.165, 1.54) is 64.1 Å². The molecule has 6 nitrogen and oxygen atoms in total. The fourth-order valence-corrected chi connectivity index (χ4v) is 5.52. The van der Waals surface area contributed by atoms with E-state index in [2.05, 4.69) is 53.0 Å². The van der Waals surface area contributed by atoms with Crippen molar-refractivity contribution in [3.63, 3.8) is 0 Å². The Morgan fingerprint density at radius 1 is 1.07 bits per heavy atom. The van der Waals surface area contributed by atoms with Crippen LogP contribution in [0.15, 0.2) is 6.33 Å². The molecular formula is C22H38ClN5O. The lowest BCUT2D eigenvalue weighted by molar-refractivity contribution is -0.314. The summed E-state index contributed by atoms with van der Waals surface area (Å²) in [6, 6.07) is 0. The average molecular weight is 424 g/mol. The summed E-state index contributed by atoms with van der Waals surface area (Å²) in [7, 11) is 0. The van der Waals surface area contributed by atoms with Gasteiger partial charge in [0, 0.05) is 17.6 Å². The van der Waals surface area contributed by atoms with E-state index in [-0.39, 0.29) is 16.4 Å². The lowest BCUT2D eigenvalue weighted by Crippen LogP contribution is -2.61. The van der Waals surface area contributed by atoms with E-state index >= 15 is 0 Å². The van der Waals surface area contributed by atoms with Gasteiger partial charge in [0.05, 0.1) is 6.10 Å². The maximum absolute atomic E-state index is 6.61. The molecule has 0 aromatic carbocycles. The van der Waals surface area contributed by atoms with Gasteiger partial charge < -0.3 is 5.32 Å². The minimum Gasteiger partial charge on any atom is -0.354 e. The molecule has 1 aliphatic carbocycles. The Bertz CT molecular complexity index is 630. The maximum atomic E-state index is 6.61. The van der Waals surface area contributed by atoms with E-state index in [0.717, 1.165) is 18.9 Å². The molecule has 2 fully saturated rings. The Balaban J connectivity index is 1.44. The lowest BCUT2D eigenvalue weighted by Gasteiger charge is -2.55. The first kappa shape index (κ1) is 22.7. The van der Waals surface area contributed by atoms with Crippen molar-refractivity contribution < 1.29 is 4.84 Å². The van der Waals surface area contributed by atoms with Crippen LogP contribution in [0.25, 0.3) is 0 Å². The lowest BCUT2D eigenvalue weighted by atomic mass is 9.73. The summed E-state index contributed by atoms with van der Waals surface area (Å²) in [6.07, 6.45) is 14.2. The van der Waals surface area contributed by atoms with Gasteiger partial charge in [0.25, 0.3) is 0 Å². The Morgan fingerprint density at radius 3 is 2.41 bits per heavy atom. The molecule has 0 unspecified atom stereocenters. The summed E-state index contributed by atoms with van der Waals surface area (Å²) in [5, 5.41) is 5.82. The summed E-state index contributed by atoms with van der Waals surface area (Å²) < 4.78 is 0. The van der Waals surface area contributed by atoms with Crippen LogP contribution in [-0.2, 0) is 4.84 Å². The fourth-order valence-electron chi connectivity index (χ4n) is 5.40. The number of hydroxylamine groups is 2. The predicted octanol–water partition coefficient (Wildman–Crippen LogP) is 5.64. The van der Waals surface area contributed by atoms with Crippen molar-refractivity contribution in [1.29, 1.82) is 0 Å². The van der Waals surface area contributed by atoms with Crippen LogP contribution < -0.4 is 5.32 Å². The number of aromatic nitrogens is 3. The largest absolute Gasteiger partial charge is 0.354 e. The van der Waals surface area contributed by atoms with Crippen LogP contribution in [0, 0.1) is 5.92 Å². The molecule has 0 atom stereocenters. The average Bonchev–Trinajstić information content (AvgIpc) is 2.65. The van der Waals surface area contributed by atoms with Crippen molar-refractivity contribution in [2.75, 3.05) is 11.9 Å². The molecule has 1 saturated heterocycles. The van der Waals surface area contributed by atoms with Crippen molar-refractivity contribution >= 4 is 17.5 Å². The molecule has 1 aromatic rings. The van der Waals surface area contributed by atoms with Crippen LogP contribution in [0.3, 0.4) is 0 Å². The second-order valence-electron chi connectivity index (χ2n) is 10.1. The molecule has 2 aliphatic rings. The van der Waals surface area contributed by atoms with Crippen LogP contribution >= 0.6 is 11.6 Å². The summed E-state index contributed by atoms with van der Waals surface area (Å²) in [5.74, 6) is 1.29. The molecule has 2 heterocycles. The number of hydrogen-bond acceptors (Lipinski definition) is 6. The van der Waals surface area contributed by atoms with Crippen LogP contribution in [0.1, 0.15) is 91.9 Å². The van der Waals surface area contributed by atoms with Gasteiger partial charge in [-0.2, -0.15) is 10.0 Å². The number of nitrogens with one attached hydrogen (secondary N) is 1. The fraction of sp³-hybridized carbons (Fsp3) is 0.864. The number of anilines is 1. The quantitative estimate of drug-likeness (QED) is 0.546. The Kier molecular flexibility index (Phi) is 7.74. The Morgan fingerprint density at radius 2 is 1.76 bits per heavy atom. The first-order valence-electron chi connectivity index (χ1n) is 11.3. The first-order valence-corrected chi connectivity index (χ1v) is 11.7. The molecule has 0 bridgehead atoms. The van der Waals surface area contributed by atoms with Gasteiger partial charge in [-0.3, -0.25) is 4.84 Å². The van der Waals surface area contributed by atoms with Gasteiger partial charge in [-0.05, 0) is 77.3 Å². The third kappa shape index (κ3) is 6.50. The molecule has 1 aromatic heterocycles. The SMILES string of the molecule is CC1(C)CC(CCCCNc2ncnc(Cl)n2)CC(C)(C)N1OC1CCCCC1. The molecule has 1 saturated carbocycles. The zero-order valence-corrected chi connectivity index (χ0v) is 19.3. The summed E-state index contributed by atoms with van der Waals surface area (Å²) >= 11 is 5.80. The van der Waals surface area contributed by atoms with Crippen LogP contribution in [-0.4, -0.2) is 43.7 Å². The molecule has 1 aliphatic heterocycles. The van der Waals surface area contributed by atoms with Gasteiger partial charge in [-0.15, -0.1) is 0 Å². The topological polar surface area (TPSA) is 63.2 Å². The number of piperidine rings is 1. The smallest absolute Gasteiger partial charge is 0.227 e. The third-order valence-electron chi connectivity index (χ3n) is 6.35. The highest BCUT2D eigenvalue weighted by Crippen LogP contribution is 2.44. The number of rotatable bonds is 8.